The van der Waals surface area contributed by atoms with Crippen LogP contribution in [0.25, 0.3) is 0 Å². The lowest BCUT2D eigenvalue weighted by atomic mass is 9.97. The number of hydrogen-bond acceptors (Lipinski definition) is 4. The molecule has 0 saturated carbocycles. The fourth-order valence-electron chi connectivity index (χ4n) is 2.14. The molecule has 0 spiro atoms. The fraction of sp³-hybridized carbons (Fsp3) is 1.00. The fourth-order valence-corrected chi connectivity index (χ4v) is 2.14. The molecule has 0 aliphatic carbocycles. The molecule has 1 aliphatic heterocycles. The van der Waals surface area contributed by atoms with Gasteiger partial charge in [0.05, 0.1) is 19.8 Å². The molecule has 0 aromatic rings. The standard InChI is InChI=1S/C12H25NO3/c1-2-12(11-4-8-16-10-11)13-5-3-7-15-9-6-14/h11-14H,2-10H2,1H3. The smallest absolute Gasteiger partial charge is 0.0697 e. The minimum Gasteiger partial charge on any atom is -0.394 e. The van der Waals surface area contributed by atoms with Crippen molar-refractivity contribution in [2.24, 2.45) is 5.92 Å². The van der Waals surface area contributed by atoms with Gasteiger partial charge in [0.15, 0.2) is 0 Å². The molecule has 0 bridgehead atoms. The molecule has 0 radical (unpaired) electrons. The van der Waals surface area contributed by atoms with Crippen LogP contribution in [0.2, 0.25) is 0 Å². The van der Waals surface area contributed by atoms with E-state index in [1.807, 2.05) is 0 Å². The molecule has 1 rings (SSSR count). The Morgan fingerprint density at radius 2 is 2.38 bits per heavy atom. The summed E-state index contributed by atoms with van der Waals surface area (Å²) >= 11 is 0. The molecule has 96 valence electrons. The molecule has 2 atom stereocenters. The second-order valence-corrected chi connectivity index (χ2v) is 4.28. The first-order chi connectivity index (χ1) is 7.88. The minimum atomic E-state index is 0.116. The van der Waals surface area contributed by atoms with E-state index < -0.39 is 0 Å². The number of ether oxygens (including phenoxy) is 2. The zero-order valence-corrected chi connectivity index (χ0v) is 10.3. The summed E-state index contributed by atoms with van der Waals surface area (Å²) in [6, 6.07) is 0.584. The molecule has 2 N–H and O–H groups in total. The van der Waals surface area contributed by atoms with Crippen LogP contribution in [0.15, 0.2) is 0 Å². The van der Waals surface area contributed by atoms with Crippen molar-refractivity contribution in [3.8, 4) is 0 Å². The number of aliphatic hydroxyl groups is 1. The van der Waals surface area contributed by atoms with E-state index in [2.05, 4.69) is 12.2 Å². The van der Waals surface area contributed by atoms with Gasteiger partial charge in [-0.1, -0.05) is 6.92 Å². The summed E-state index contributed by atoms with van der Waals surface area (Å²) in [5, 5.41) is 12.1. The Morgan fingerprint density at radius 3 is 3.00 bits per heavy atom. The van der Waals surface area contributed by atoms with Gasteiger partial charge in [0.2, 0.25) is 0 Å². The lowest BCUT2D eigenvalue weighted by Gasteiger charge is -2.22. The van der Waals surface area contributed by atoms with Crippen LogP contribution < -0.4 is 5.32 Å². The molecule has 1 fully saturated rings. The van der Waals surface area contributed by atoms with Crippen molar-refractivity contribution in [3.63, 3.8) is 0 Å². The highest BCUT2D eigenvalue weighted by Gasteiger charge is 2.23. The SMILES string of the molecule is CCC(NCCCOCCO)C1CCOC1. The lowest BCUT2D eigenvalue weighted by molar-refractivity contribution is 0.0898. The van der Waals surface area contributed by atoms with Crippen molar-refractivity contribution in [2.75, 3.05) is 39.6 Å². The van der Waals surface area contributed by atoms with Crippen LogP contribution >= 0.6 is 0 Å². The number of aliphatic hydroxyl groups excluding tert-OH is 1. The maximum atomic E-state index is 8.54. The first-order valence-electron chi connectivity index (χ1n) is 6.38. The van der Waals surface area contributed by atoms with Gasteiger partial charge in [0.1, 0.15) is 0 Å². The first-order valence-corrected chi connectivity index (χ1v) is 6.38. The third-order valence-corrected chi connectivity index (χ3v) is 3.08. The van der Waals surface area contributed by atoms with Gasteiger partial charge in [0.25, 0.3) is 0 Å². The summed E-state index contributed by atoms with van der Waals surface area (Å²) in [6.45, 7) is 6.33. The van der Waals surface area contributed by atoms with Gasteiger partial charge in [-0.05, 0) is 31.7 Å². The summed E-state index contributed by atoms with van der Waals surface area (Å²) in [6.07, 6.45) is 3.35. The van der Waals surface area contributed by atoms with E-state index in [0.717, 1.165) is 39.2 Å². The first kappa shape index (κ1) is 13.9. The molecule has 0 aromatic carbocycles. The zero-order valence-electron chi connectivity index (χ0n) is 10.3. The van der Waals surface area contributed by atoms with Crippen LogP contribution in [0.5, 0.6) is 0 Å². The maximum absolute atomic E-state index is 8.54. The van der Waals surface area contributed by atoms with Crippen molar-refractivity contribution in [1.82, 2.24) is 5.32 Å². The van der Waals surface area contributed by atoms with Gasteiger partial charge in [-0.15, -0.1) is 0 Å². The Kier molecular flexibility index (Phi) is 7.76. The van der Waals surface area contributed by atoms with Gasteiger partial charge in [-0.2, -0.15) is 0 Å². The molecule has 2 unspecified atom stereocenters. The molecule has 16 heavy (non-hydrogen) atoms. The molecule has 0 amide bonds. The largest absolute Gasteiger partial charge is 0.394 e. The highest BCUT2D eigenvalue weighted by Crippen LogP contribution is 2.18. The van der Waals surface area contributed by atoms with Crippen LogP contribution in [0.4, 0.5) is 0 Å². The van der Waals surface area contributed by atoms with E-state index in [9.17, 15) is 0 Å². The molecule has 4 heteroatoms. The molecular formula is C12H25NO3. The normalized spacial score (nSPS) is 22.5. The monoisotopic (exact) mass is 231 g/mol. The zero-order chi connectivity index (χ0) is 11.6. The van der Waals surface area contributed by atoms with Crippen molar-refractivity contribution in [1.29, 1.82) is 0 Å². The Hall–Kier alpha value is -0.160. The van der Waals surface area contributed by atoms with Gasteiger partial charge in [-0.25, -0.2) is 0 Å². The number of hydrogen-bond donors (Lipinski definition) is 2. The van der Waals surface area contributed by atoms with Gasteiger partial charge < -0.3 is 19.9 Å². The molecule has 1 heterocycles. The van der Waals surface area contributed by atoms with Gasteiger partial charge in [-0.3, -0.25) is 0 Å². The Bertz CT molecular complexity index is 160. The highest BCUT2D eigenvalue weighted by atomic mass is 16.5. The summed E-state index contributed by atoms with van der Waals surface area (Å²) in [4.78, 5) is 0. The molecular weight excluding hydrogens is 206 g/mol. The quantitative estimate of drug-likeness (QED) is 0.576. The number of rotatable bonds is 9. The van der Waals surface area contributed by atoms with E-state index in [-0.39, 0.29) is 6.61 Å². The van der Waals surface area contributed by atoms with Crippen LogP contribution in [0, 0.1) is 5.92 Å². The Balaban J connectivity index is 2.00. The second kappa shape index (κ2) is 8.93. The molecule has 0 aromatic heterocycles. The predicted molar refractivity (Wildman–Crippen MR) is 63.5 cm³/mol. The van der Waals surface area contributed by atoms with E-state index in [1.165, 1.54) is 6.42 Å². The van der Waals surface area contributed by atoms with Crippen LogP contribution in [-0.2, 0) is 9.47 Å². The maximum Gasteiger partial charge on any atom is 0.0697 e. The minimum absolute atomic E-state index is 0.116. The average Bonchev–Trinajstić information content (AvgIpc) is 2.82. The second-order valence-electron chi connectivity index (χ2n) is 4.28. The third-order valence-electron chi connectivity index (χ3n) is 3.08. The lowest BCUT2D eigenvalue weighted by Crippen LogP contribution is -2.37. The number of nitrogens with one attached hydrogen (secondary N) is 1. The van der Waals surface area contributed by atoms with Crippen molar-refractivity contribution in [2.45, 2.75) is 32.2 Å². The summed E-state index contributed by atoms with van der Waals surface area (Å²) in [5.74, 6) is 0.684. The van der Waals surface area contributed by atoms with E-state index in [1.54, 1.807) is 0 Å². The molecule has 1 saturated heterocycles. The Morgan fingerprint density at radius 1 is 1.50 bits per heavy atom. The van der Waals surface area contributed by atoms with E-state index in [0.29, 0.717) is 18.6 Å². The van der Waals surface area contributed by atoms with Crippen molar-refractivity contribution >= 4 is 0 Å². The van der Waals surface area contributed by atoms with Crippen molar-refractivity contribution < 1.29 is 14.6 Å². The van der Waals surface area contributed by atoms with Crippen LogP contribution in [0.3, 0.4) is 0 Å². The van der Waals surface area contributed by atoms with Gasteiger partial charge >= 0.3 is 0 Å². The third kappa shape index (κ3) is 5.25. The average molecular weight is 231 g/mol. The van der Waals surface area contributed by atoms with E-state index in [4.69, 9.17) is 14.6 Å². The molecule has 1 aliphatic rings. The topological polar surface area (TPSA) is 50.7 Å². The summed E-state index contributed by atoms with van der Waals surface area (Å²) in [5.41, 5.74) is 0. The van der Waals surface area contributed by atoms with Crippen LogP contribution in [-0.4, -0.2) is 50.7 Å². The molecule has 4 nitrogen and oxygen atoms in total. The van der Waals surface area contributed by atoms with Gasteiger partial charge in [0, 0.05) is 19.3 Å². The van der Waals surface area contributed by atoms with E-state index >= 15 is 0 Å². The van der Waals surface area contributed by atoms with Crippen molar-refractivity contribution in [3.05, 3.63) is 0 Å². The highest BCUT2D eigenvalue weighted by molar-refractivity contribution is 4.78. The van der Waals surface area contributed by atoms with Crippen LogP contribution in [0.1, 0.15) is 26.2 Å². The summed E-state index contributed by atoms with van der Waals surface area (Å²) in [7, 11) is 0. The summed E-state index contributed by atoms with van der Waals surface area (Å²) < 4.78 is 10.6. The Labute approximate surface area is 98.3 Å². The predicted octanol–water partition coefficient (Wildman–Crippen LogP) is 0.790.